The van der Waals surface area contributed by atoms with E-state index in [-0.39, 0.29) is 18.6 Å². The van der Waals surface area contributed by atoms with Crippen LogP contribution in [0, 0.1) is 5.92 Å². The Bertz CT molecular complexity index is 284. The minimum Gasteiger partial charge on any atom is -0.444 e. The summed E-state index contributed by atoms with van der Waals surface area (Å²) in [6, 6.07) is 0. The van der Waals surface area contributed by atoms with Crippen molar-refractivity contribution < 1.29 is 14.6 Å². The summed E-state index contributed by atoms with van der Waals surface area (Å²) in [6.07, 6.45) is 0.455. The Morgan fingerprint density at radius 1 is 1.47 bits per heavy atom. The highest BCUT2D eigenvalue weighted by Crippen LogP contribution is 2.27. The van der Waals surface area contributed by atoms with Crippen LogP contribution >= 0.6 is 0 Å². The van der Waals surface area contributed by atoms with Gasteiger partial charge in [-0.3, -0.25) is 0 Å². The van der Waals surface area contributed by atoms with Crippen molar-refractivity contribution in [2.45, 2.75) is 45.3 Å². The Balaban J connectivity index is 2.54. The minimum absolute atomic E-state index is 0.0278. The largest absolute Gasteiger partial charge is 0.444 e. The van der Waals surface area contributed by atoms with E-state index < -0.39 is 11.2 Å². The third kappa shape index (κ3) is 3.85. The minimum atomic E-state index is -0.906. The quantitative estimate of drug-likeness (QED) is 0.758. The number of hydrogen-bond acceptors (Lipinski definition) is 4. The van der Waals surface area contributed by atoms with E-state index in [2.05, 4.69) is 0 Å². The first-order valence-corrected chi connectivity index (χ1v) is 6.06. The van der Waals surface area contributed by atoms with Crippen molar-refractivity contribution in [1.82, 2.24) is 4.90 Å². The topological polar surface area (TPSA) is 75.8 Å². The standard InChI is InChI=1S/C12H24N2O3/c1-11(2,3)17-10(15)14-6-5-9(7-14)12(4,16)8-13/h9,16H,5-8,13H2,1-4H3. The number of nitrogens with two attached hydrogens (primary N) is 1. The molecule has 1 rings (SSSR count). The summed E-state index contributed by atoms with van der Waals surface area (Å²) in [6.45, 7) is 8.59. The van der Waals surface area contributed by atoms with Crippen molar-refractivity contribution in [3.05, 3.63) is 0 Å². The van der Waals surface area contributed by atoms with E-state index in [1.165, 1.54) is 0 Å². The molecule has 0 aromatic carbocycles. The molecule has 1 fully saturated rings. The van der Waals surface area contributed by atoms with Crippen molar-refractivity contribution in [3.63, 3.8) is 0 Å². The van der Waals surface area contributed by atoms with Gasteiger partial charge >= 0.3 is 6.09 Å². The second-order valence-electron chi connectivity index (χ2n) is 5.97. The Kier molecular flexibility index (Phi) is 4.04. The maximum absolute atomic E-state index is 11.8. The summed E-state index contributed by atoms with van der Waals surface area (Å²) in [5, 5.41) is 10.1. The molecule has 3 N–H and O–H groups in total. The van der Waals surface area contributed by atoms with Gasteiger partial charge in [0.15, 0.2) is 0 Å². The highest BCUT2D eigenvalue weighted by Gasteiger charge is 2.38. The van der Waals surface area contributed by atoms with Crippen LogP contribution in [-0.4, -0.2) is 46.9 Å². The first-order chi connectivity index (χ1) is 7.65. The lowest BCUT2D eigenvalue weighted by Gasteiger charge is -2.29. The van der Waals surface area contributed by atoms with Crippen molar-refractivity contribution in [1.29, 1.82) is 0 Å². The fourth-order valence-electron chi connectivity index (χ4n) is 1.93. The number of carbonyl (C=O) groups is 1. The van der Waals surface area contributed by atoms with Gasteiger partial charge in [-0.15, -0.1) is 0 Å². The Labute approximate surface area is 103 Å². The normalized spacial score (nSPS) is 24.6. The molecule has 0 bridgehead atoms. The van der Waals surface area contributed by atoms with Crippen molar-refractivity contribution >= 4 is 6.09 Å². The zero-order valence-corrected chi connectivity index (χ0v) is 11.2. The molecule has 0 saturated carbocycles. The molecular formula is C12H24N2O3. The number of nitrogens with zero attached hydrogens (tertiary/aromatic N) is 1. The molecule has 0 aromatic heterocycles. The Hall–Kier alpha value is -0.810. The second kappa shape index (κ2) is 4.82. The van der Waals surface area contributed by atoms with Gasteiger partial charge in [0.05, 0.1) is 5.60 Å². The zero-order chi connectivity index (χ0) is 13.3. The molecule has 1 aliphatic heterocycles. The molecule has 1 saturated heterocycles. The van der Waals surface area contributed by atoms with Crippen LogP contribution in [0.15, 0.2) is 0 Å². The van der Waals surface area contributed by atoms with E-state index in [1.807, 2.05) is 20.8 Å². The lowest BCUT2D eigenvalue weighted by atomic mass is 9.89. The average molecular weight is 244 g/mol. The van der Waals surface area contributed by atoms with Gasteiger partial charge in [0.2, 0.25) is 0 Å². The summed E-state index contributed by atoms with van der Waals surface area (Å²) in [5.74, 6) is 0.0278. The summed E-state index contributed by atoms with van der Waals surface area (Å²) in [5.41, 5.74) is 4.14. The van der Waals surface area contributed by atoms with Crippen LogP contribution in [0.2, 0.25) is 0 Å². The van der Waals surface area contributed by atoms with E-state index in [4.69, 9.17) is 10.5 Å². The van der Waals surface area contributed by atoms with Crippen molar-refractivity contribution in [2.24, 2.45) is 11.7 Å². The van der Waals surface area contributed by atoms with E-state index in [1.54, 1.807) is 11.8 Å². The van der Waals surface area contributed by atoms with Crippen molar-refractivity contribution in [2.75, 3.05) is 19.6 Å². The maximum Gasteiger partial charge on any atom is 0.410 e. The molecule has 5 nitrogen and oxygen atoms in total. The van der Waals surface area contributed by atoms with E-state index in [9.17, 15) is 9.90 Å². The number of rotatable bonds is 2. The molecule has 2 atom stereocenters. The molecule has 0 aromatic rings. The first-order valence-electron chi connectivity index (χ1n) is 6.06. The monoisotopic (exact) mass is 244 g/mol. The Morgan fingerprint density at radius 3 is 2.53 bits per heavy atom. The number of likely N-dealkylation sites (tertiary alicyclic amines) is 1. The fourth-order valence-corrected chi connectivity index (χ4v) is 1.93. The van der Waals surface area contributed by atoms with Crippen LogP contribution < -0.4 is 5.73 Å². The summed E-state index contributed by atoms with van der Waals surface area (Å²) >= 11 is 0. The van der Waals surface area contributed by atoms with Crippen LogP contribution in [-0.2, 0) is 4.74 Å². The summed E-state index contributed by atoms with van der Waals surface area (Å²) < 4.78 is 5.29. The van der Waals surface area contributed by atoms with Crippen LogP contribution in [0.4, 0.5) is 4.79 Å². The lowest BCUT2D eigenvalue weighted by Crippen LogP contribution is -2.44. The third-order valence-electron chi connectivity index (χ3n) is 3.13. The van der Waals surface area contributed by atoms with E-state index in [0.717, 1.165) is 6.42 Å². The molecule has 100 valence electrons. The van der Waals surface area contributed by atoms with Gasteiger partial charge in [-0.1, -0.05) is 0 Å². The molecule has 0 aliphatic carbocycles. The van der Waals surface area contributed by atoms with Gasteiger partial charge in [0.25, 0.3) is 0 Å². The summed E-state index contributed by atoms with van der Waals surface area (Å²) in [4.78, 5) is 13.5. The molecule has 1 amide bonds. The van der Waals surface area contributed by atoms with Crippen LogP contribution in [0.25, 0.3) is 0 Å². The third-order valence-corrected chi connectivity index (χ3v) is 3.13. The van der Waals surface area contributed by atoms with E-state index >= 15 is 0 Å². The molecule has 1 aliphatic rings. The average Bonchev–Trinajstić information content (AvgIpc) is 2.64. The van der Waals surface area contributed by atoms with E-state index in [0.29, 0.717) is 13.1 Å². The van der Waals surface area contributed by atoms with Crippen molar-refractivity contribution in [3.8, 4) is 0 Å². The number of ether oxygens (including phenoxy) is 1. The van der Waals surface area contributed by atoms with Gasteiger partial charge in [-0.25, -0.2) is 4.79 Å². The first kappa shape index (κ1) is 14.3. The highest BCUT2D eigenvalue weighted by atomic mass is 16.6. The fraction of sp³-hybridized carbons (Fsp3) is 0.917. The molecular weight excluding hydrogens is 220 g/mol. The maximum atomic E-state index is 11.8. The lowest BCUT2D eigenvalue weighted by molar-refractivity contribution is 0.00503. The van der Waals surface area contributed by atoms with Gasteiger partial charge in [-0.05, 0) is 34.1 Å². The molecule has 17 heavy (non-hydrogen) atoms. The molecule has 5 heteroatoms. The van der Waals surface area contributed by atoms with Crippen LogP contribution in [0.3, 0.4) is 0 Å². The SMILES string of the molecule is CC(C)(C)OC(=O)N1CCC(C(C)(O)CN)C1. The van der Waals surface area contributed by atoms with Gasteiger partial charge in [-0.2, -0.15) is 0 Å². The highest BCUT2D eigenvalue weighted by molar-refractivity contribution is 5.68. The second-order valence-corrected chi connectivity index (χ2v) is 5.97. The number of hydrogen-bond donors (Lipinski definition) is 2. The number of carbonyl (C=O) groups excluding carboxylic acids is 1. The summed E-state index contributed by atoms with van der Waals surface area (Å²) in [7, 11) is 0. The van der Waals surface area contributed by atoms with Gasteiger partial charge in [0.1, 0.15) is 5.60 Å². The zero-order valence-electron chi connectivity index (χ0n) is 11.2. The number of amides is 1. The molecule has 0 spiro atoms. The van der Waals surface area contributed by atoms with Gasteiger partial charge < -0.3 is 20.5 Å². The molecule has 2 unspecified atom stereocenters. The number of aliphatic hydroxyl groups is 1. The predicted molar refractivity (Wildman–Crippen MR) is 65.6 cm³/mol. The van der Waals surface area contributed by atoms with Gasteiger partial charge in [0, 0.05) is 25.6 Å². The predicted octanol–water partition coefficient (Wildman–Crippen LogP) is 0.953. The molecule has 0 radical (unpaired) electrons. The van der Waals surface area contributed by atoms with Crippen LogP contribution in [0.1, 0.15) is 34.1 Å². The Morgan fingerprint density at radius 2 is 2.06 bits per heavy atom. The smallest absolute Gasteiger partial charge is 0.410 e. The molecule has 1 heterocycles. The van der Waals surface area contributed by atoms with Crippen LogP contribution in [0.5, 0.6) is 0 Å².